The lowest BCUT2D eigenvalue weighted by Crippen LogP contribution is -2.03. The average molecular weight is 363 g/mol. The fraction of sp³-hybridized carbons (Fsp3) is 0.462. The summed E-state index contributed by atoms with van der Waals surface area (Å²) < 4.78 is 5.85. The lowest BCUT2D eigenvalue weighted by Gasteiger charge is -2.11. The van der Waals surface area contributed by atoms with Gasteiger partial charge in [-0.05, 0) is 67.1 Å². The first kappa shape index (κ1) is 21.1. The monoisotopic (exact) mass is 362 g/mol. The maximum Gasteiger partial charge on any atom is 0.119 e. The largest absolute Gasteiger partial charge is 0.494 e. The fourth-order valence-corrected chi connectivity index (χ4v) is 3.13. The van der Waals surface area contributed by atoms with Crippen LogP contribution >= 0.6 is 0 Å². The van der Waals surface area contributed by atoms with Gasteiger partial charge in [0.15, 0.2) is 0 Å². The summed E-state index contributed by atoms with van der Waals surface area (Å²) in [7, 11) is 0. The third kappa shape index (κ3) is 8.35. The molecule has 1 nitrogen and oxygen atoms in total. The molecule has 0 bridgehead atoms. The van der Waals surface area contributed by atoms with Crippen LogP contribution < -0.4 is 4.74 Å². The zero-order valence-corrected chi connectivity index (χ0v) is 17.3. The van der Waals surface area contributed by atoms with Crippen molar-refractivity contribution in [1.82, 2.24) is 0 Å². The standard InChI is InChI=1S/C26H34O/c1-4-6-7-9-23-10-12-24(13-11-23)14-15-25-16-18-26(19-17-25)27-21-20-22(3)8-5-2/h10-13,16-19,22H,4-9,20-21H2,1-3H3. The molecule has 0 aromatic heterocycles. The highest BCUT2D eigenvalue weighted by Gasteiger charge is 2.01. The molecule has 27 heavy (non-hydrogen) atoms. The summed E-state index contributed by atoms with van der Waals surface area (Å²) in [5.74, 6) is 8.17. The van der Waals surface area contributed by atoms with Crippen LogP contribution in [0, 0.1) is 17.8 Å². The number of ether oxygens (including phenoxy) is 1. The van der Waals surface area contributed by atoms with E-state index in [1.807, 2.05) is 24.3 Å². The molecule has 0 aliphatic rings. The van der Waals surface area contributed by atoms with Crippen LogP contribution in [0.1, 0.15) is 76.0 Å². The minimum absolute atomic E-state index is 0.734. The summed E-state index contributed by atoms with van der Waals surface area (Å²) in [6.07, 6.45) is 8.65. The lowest BCUT2D eigenvalue weighted by molar-refractivity contribution is 0.278. The summed E-state index contributed by atoms with van der Waals surface area (Å²) in [5.41, 5.74) is 3.50. The first-order chi connectivity index (χ1) is 13.2. The van der Waals surface area contributed by atoms with Gasteiger partial charge in [-0.15, -0.1) is 0 Å². The molecule has 2 rings (SSSR count). The predicted octanol–water partition coefficient (Wildman–Crippen LogP) is 7.02. The van der Waals surface area contributed by atoms with Gasteiger partial charge in [0, 0.05) is 11.1 Å². The molecule has 144 valence electrons. The normalized spacial score (nSPS) is 11.5. The average Bonchev–Trinajstić information content (AvgIpc) is 2.69. The Morgan fingerprint density at radius 1 is 0.778 bits per heavy atom. The van der Waals surface area contributed by atoms with Crippen molar-refractivity contribution in [2.45, 2.75) is 65.7 Å². The van der Waals surface area contributed by atoms with Crippen molar-refractivity contribution in [2.75, 3.05) is 6.61 Å². The molecular weight excluding hydrogens is 328 g/mol. The minimum Gasteiger partial charge on any atom is -0.494 e. The van der Waals surface area contributed by atoms with Gasteiger partial charge in [0.25, 0.3) is 0 Å². The van der Waals surface area contributed by atoms with Crippen molar-refractivity contribution in [1.29, 1.82) is 0 Å². The molecule has 2 aromatic rings. The molecule has 0 N–H and O–H groups in total. The highest BCUT2D eigenvalue weighted by atomic mass is 16.5. The van der Waals surface area contributed by atoms with Crippen LogP contribution in [0.5, 0.6) is 5.75 Å². The van der Waals surface area contributed by atoms with E-state index in [4.69, 9.17) is 4.74 Å². The maximum absolute atomic E-state index is 5.85. The second-order valence-corrected chi connectivity index (χ2v) is 7.46. The molecule has 0 heterocycles. The summed E-state index contributed by atoms with van der Waals surface area (Å²) in [6, 6.07) is 16.8. The summed E-state index contributed by atoms with van der Waals surface area (Å²) in [4.78, 5) is 0. The van der Waals surface area contributed by atoms with Crippen molar-refractivity contribution < 1.29 is 4.74 Å². The predicted molar refractivity (Wildman–Crippen MR) is 116 cm³/mol. The van der Waals surface area contributed by atoms with E-state index in [1.165, 1.54) is 44.1 Å². The fourth-order valence-electron chi connectivity index (χ4n) is 3.13. The van der Waals surface area contributed by atoms with Crippen LogP contribution in [0.25, 0.3) is 0 Å². The molecule has 0 spiro atoms. The molecule has 1 atom stereocenters. The van der Waals surface area contributed by atoms with E-state index in [9.17, 15) is 0 Å². The molecule has 0 aliphatic carbocycles. The SMILES string of the molecule is CCCCCc1ccc(C#Cc2ccc(OCCC(C)CCC)cc2)cc1. The van der Waals surface area contributed by atoms with Gasteiger partial charge in [0.2, 0.25) is 0 Å². The molecule has 0 saturated heterocycles. The first-order valence-corrected chi connectivity index (χ1v) is 10.5. The van der Waals surface area contributed by atoms with E-state index in [0.29, 0.717) is 0 Å². The van der Waals surface area contributed by atoms with Gasteiger partial charge in [-0.25, -0.2) is 0 Å². The Kier molecular flexibility index (Phi) is 9.56. The number of rotatable bonds is 10. The summed E-state index contributed by atoms with van der Waals surface area (Å²) in [6.45, 7) is 7.56. The lowest BCUT2D eigenvalue weighted by atomic mass is 10.0. The Morgan fingerprint density at radius 2 is 1.41 bits per heavy atom. The third-order valence-corrected chi connectivity index (χ3v) is 4.89. The number of aryl methyl sites for hydroxylation is 1. The smallest absolute Gasteiger partial charge is 0.119 e. The molecule has 0 radical (unpaired) electrons. The Morgan fingerprint density at radius 3 is 2.00 bits per heavy atom. The summed E-state index contributed by atoms with van der Waals surface area (Å²) >= 11 is 0. The highest BCUT2D eigenvalue weighted by Crippen LogP contribution is 2.15. The third-order valence-electron chi connectivity index (χ3n) is 4.89. The molecule has 1 heteroatoms. The van der Waals surface area contributed by atoms with Crippen molar-refractivity contribution in [3.05, 3.63) is 65.2 Å². The van der Waals surface area contributed by atoms with Crippen molar-refractivity contribution in [3.8, 4) is 17.6 Å². The first-order valence-electron chi connectivity index (χ1n) is 10.5. The number of hydrogen-bond acceptors (Lipinski definition) is 1. The van der Waals surface area contributed by atoms with Gasteiger partial charge in [0.05, 0.1) is 6.61 Å². The minimum atomic E-state index is 0.734. The molecule has 0 amide bonds. The number of hydrogen-bond donors (Lipinski definition) is 0. The van der Waals surface area contributed by atoms with E-state index < -0.39 is 0 Å². The van der Waals surface area contributed by atoms with E-state index in [1.54, 1.807) is 0 Å². The second-order valence-electron chi connectivity index (χ2n) is 7.46. The topological polar surface area (TPSA) is 9.23 Å². The Balaban J connectivity index is 1.82. The van der Waals surface area contributed by atoms with E-state index in [0.717, 1.165) is 35.8 Å². The van der Waals surface area contributed by atoms with Crippen LogP contribution in [-0.2, 0) is 6.42 Å². The van der Waals surface area contributed by atoms with Crippen molar-refractivity contribution in [3.63, 3.8) is 0 Å². The van der Waals surface area contributed by atoms with Crippen molar-refractivity contribution >= 4 is 0 Å². The zero-order chi connectivity index (χ0) is 19.3. The quantitative estimate of drug-likeness (QED) is 0.326. The number of unbranched alkanes of at least 4 members (excludes halogenated alkanes) is 2. The van der Waals surface area contributed by atoms with Crippen LogP contribution in [-0.4, -0.2) is 6.61 Å². The van der Waals surface area contributed by atoms with Gasteiger partial charge in [-0.2, -0.15) is 0 Å². The molecule has 0 saturated carbocycles. The molecular formula is C26H34O. The molecule has 1 unspecified atom stereocenters. The second kappa shape index (κ2) is 12.2. The van der Waals surface area contributed by atoms with Gasteiger partial charge in [-0.3, -0.25) is 0 Å². The molecule has 2 aromatic carbocycles. The van der Waals surface area contributed by atoms with Crippen molar-refractivity contribution in [2.24, 2.45) is 5.92 Å². The van der Waals surface area contributed by atoms with E-state index in [-0.39, 0.29) is 0 Å². The zero-order valence-electron chi connectivity index (χ0n) is 17.3. The Hall–Kier alpha value is -2.20. The van der Waals surface area contributed by atoms with Crippen LogP contribution in [0.4, 0.5) is 0 Å². The summed E-state index contributed by atoms with van der Waals surface area (Å²) in [5, 5.41) is 0. The maximum atomic E-state index is 5.85. The number of benzene rings is 2. The highest BCUT2D eigenvalue weighted by molar-refractivity contribution is 5.44. The molecule has 0 aliphatic heterocycles. The van der Waals surface area contributed by atoms with Crippen LogP contribution in [0.15, 0.2) is 48.5 Å². The molecule has 0 fully saturated rings. The van der Waals surface area contributed by atoms with E-state index >= 15 is 0 Å². The van der Waals surface area contributed by atoms with Gasteiger partial charge in [-0.1, -0.05) is 70.4 Å². The van der Waals surface area contributed by atoms with Gasteiger partial charge >= 0.3 is 0 Å². The Bertz CT molecular complexity index is 701. The van der Waals surface area contributed by atoms with E-state index in [2.05, 4.69) is 56.9 Å². The van der Waals surface area contributed by atoms with Gasteiger partial charge in [0.1, 0.15) is 5.75 Å². The Labute approximate surface area is 166 Å². The van der Waals surface area contributed by atoms with Gasteiger partial charge < -0.3 is 4.74 Å². The van der Waals surface area contributed by atoms with Crippen LogP contribution in [0.3, 0.4) is 0 Å². The van der Waals surface area contributed by atoms with Crippen LogP contribution in [0.2, 0.25) is 0 Å².